The van der Waals surface area contributed by atoms with Crippen molar-refractivity contribution in [1.29, 1.82) is 5.26 Å². The van der Waals surface area contributed by atoms with Crippen LogP contribution < -0.4 is 0 Å². The lowest BCUT2D eigenvalue weighted by molar-refractivity contribution is -0.0703. The van der Waals surface area contributed by atoms with Crippen molar-refractivity contribution < 1.29 is 9.53 Å². The summed E-state index contributed by atoms with van der Waals surface area (Å²) < 4.78 is 5.57. The molecular formula is C15H17N3O2. The van der Waals surface area contributed by atoms with Gasteiger partial charge < -0.3 is 4.74 Å². The van der Waals surface area contributed by atoms with Crippen molar-refractivity contribution in [3.8, 4) is 6.07 Å². The van der Waals surface area contributed by atoms with E-state index in [1.54, 1.807) is 18.2 Å². The molecule has 5 heteroatoms. The van der Waals surface area contributed by atoms with Crippen molar-refractivity contribution >= 4 is 5.78 Å². The Kier molecular flexibility index (Phi) is 3.51. The van der Waals surface area contributed by atoms with Gasteiger partial charge in [0.15, 0.2) is 5.78 Å². The van der Waals surface area contributed by atoms with Gasteiger partial charge in [-0.1, -0.05) is 6.07 Å². The molecule has 0 aliphatic carbocycles. The number of piperidine rings is 1. The Morgan fingerprint density at radius 3 is 2.75 bits per heavy atom. The molecule has 2 aliphatic heterocycles. The van der Waals surface area contributed by atoms with E-state index in [-0.39, 0.29) is 11.7 Å². The van der Waals surface area contributed by atoms with E-state index in [1.165, 1.54) is 0 Å². The molecule has 2 atom stereocenters. The summed E-state index contributed by atoms with van der Waals surface area (Å²) in [6, 6.07) is 7.65. The minimum atomic E-state index is -0.00783. The highest BCUT2D eigenvalue weighted by molar-refractivity contribution is 5.96. The second-order valence-corrected chi connectivity index (χ2v) is 5.56. The van der Waals surface area contributed by atoms with Crippen LogP contribution in [0.1, 0.15) is 29.0 Å². The van der Waals surface area contributed by atoms with E-state index in [1.807, 2.05) is 6.07 Å². The van der Waals surface area contributed by atoms with Gasteiger partial charge in [0.05, 0.1) is 13.2 Å². The lowest BCUT2D eigenvalue weighted by atomic mass is 9.82. The fourth-order valence-electron chi connectivity index (χ4n) is 3.15. The molecule has 0 aromatic carbocycles. The van der Waals surface area contributed by atoms with Gasteiger partial charge >= 0.3 is 0 Å². The maximum Gasteiger partial charge on any atom is 0.184 e. The van der Waals surface area contributed by atoms with Crippen molar-refractivity contribution in [1.82, 2.24) is 9.88 Å². The van der Waals surface area contributed by atoms with Gasteiger partial charge in [0.25, 0.3) is 0 Å². The maximum atomic E-state index is 12.6. The maximum absolute atomic E-state index is 12.6. The zero-order valence-electron chi connectivity index (χ0n) is 11.5. The third-order valence-electron chi connectivity index (χ3n) is 4.37. The molecule has 2 bridgehead atoms. The van der Waals surface area contributed by atoms with Crippen molar-refractivity contribution in [2.75, 3.05) is 20.3 Å². The molecule has 3 heterocycles. The van der Waals surface area contributed by atoms with Gasteiger partial charge in [0, 0.05) is 18.0 Å². The third-order valence-corrected chi connectivity index (χ3v) is 4.37. The predicted molar refractivity (Wildman–Crippen MR) is 72.2 cm³/mol. The molecule has 0 N–H and O–H groups in total. The number of Topliss-reactive ketones (excluding diaryl/α,β-unsaturated/α-hetero) is 1. The van der Waals surface area contributed by atoms with Crippen LogP contribution in [0, 0.1) is 17.2 Å². The lowest BCUT2D eigenvalue weighted by Crippen LogP contribution is -2.55. The van der Waals surface area contributed by atoms with Crippen molar-refractivity contribution in [3.63, 3.8) is 0 Å². The summed E-state index contributed by atoms with van der Waals surface area (Å²) in [6.45, 7) is 1.39. The zero-order chi connectivity index (χ0) is 14.1. The normalized spacial score (nSPS) is 29.7. The number of likely N-dealkylation sites (N-methyl/N-ethyl adjacent to an activating group) is 1. The van der Waals surface area contributed by atoms with Crippen LogP contribution in [0.15, 0.2) is 18.2 Å². The minimum absolute atomic E-state index is 0.00783. The molecule has 1 aromatic heterocycles. The van der Waals surface area contributed by atoms with Gasteiger partial charge in [-0.15, -0.1) is 0 Å². The Bertz CT molecular complexity index is 552. The SMILES string of the molecule is CN1C2COCC1CC(C(=O)c1cccc(C#N)n1)C2. The Balaban J connectivity index is 1.79. The van der Waals surface area contributed by atoms with E-state index < -0.39 is 0 Å². The topological polar surface area (TPSA) is 66.2 Å². The summed E-state index contributed by atoms with van der Waals surface area (Å²) in [7, 11) is 2.10. The highest BCUT2D eigenvalue weighted by Crippen LogP contribution is 2.32. The minimum Gasteiger partial charge on any atom is -0.378 e. The van der Waals surface area contributed by atoms with Crippen LogP contribution >= 0.6 is 0 Å². The number of pyridine rings is 1. The summed E-state index contributed by atoms with van der Waals surface area (Å²) in [5.74, 6) is 0.0543. The number of nitrogens with zero attached hydrogens (tertiary/aromatic N) is 3. The molecule has 2 aliphatic rings. The van der Waals surface area contributed by atoms with E-state index >= 15 is 0 Å². The number of aromatic nitrogens is 1. The Morgan fingerprint density at radius 1 is 1.40 bits per heavy atom. The van der Waals surface area contributed by atoms with Gasteiger partial charge in [0.2, 0.25) is 0 Å². The largest absolute Gasteiger partial charge is 0.378 e. The number of fused-ring (bicyclic) bond motifs is 2. The molecule has 0 radical (unpaired) electrons. The number of rotatable bonds is 2. The highest BCUT2D eigenvalue weighted by atomic mass is 16.5. The number of hydrogen-bond donors (Lipinski definition) is 0. The van der Waals surface area contributed by atoms with Crippen LogP contribution in [0.3, 0.4) is 0 Å². The smallest absolute Gasteiger partial charge is 0.184 e. The number of carbonyl (C=O) groups is 1. The average molecular weight is 271 g/mol. The van der Waals surface area contributed by atoms with E-state index in [0.29, 0.717) is 36.7 Å². The molecule has 0 saturated carbocycles. The first-order chi connectivity index (χ1) is 9.69. The van der Waals surface area contributed by atoms with E-state index in [9.17, 15) is 4.79 Å². The van der Waals surface area contributed by atoms with Gasteiger partial charge in [-0.2, -0.15) is 5.26 Å². The third kappa shape index (κ3) is 2.33. The van der Waals surface area contributed by atoms with Crippen LogP contribution in [0.4, 0.5) is 0 Å². The number of nitriles is 1. The molecule has 20 heavy (non-hydrogen) atoms. The summed E-state index contributed by atoms with van der Waals surface area (Å²) in [4.78, 5) is 19.0. The highest BCUT2D eigenvalue weighted by Gasteiger charge is 2.39. The second-order valence-electron chi connectivity index (χ2n) is 5.56. The van der Waals surface area contributed by atoms with Crippen LogP contribution in [-0.2, 0) is 4.74 Å². The fraction of sp³-hybridized carbons (Fsp3) is 0.533. The lowest BCUT2D eigenvalue weighted by Gasteiger charge is -2.46. The number of carbonyl (C=O) groups excluding carboxylic acids is 1. The summed E-state index contributed by atoms with van der Waals surface area (Å²) in [6.07, 6.45) is 1.62. The molecule has 2 saturated heterocycles. The van der Waals surface area contributed by atoms with Crippen LogP contribution in [0.2, 0.25) is 0 Å². The van der Waals surface area contributed by atoms with E-state index in [0.717, 1.165) is 12.8 Å². The first-order valence-electron chi connectivity index (χ1n) is 6.90. The number of ether oxygens (including phenoxy) is 1. The molecule has 3 rings (SSSR count). The molecule has 0 amide bonds. The first-order valence-corrected chi connectivity index (χ1v) is 6.90. The van der Waals surface area contributed by atoms with Crippen LogP contribution in [-0.4, -0.2) is 48.0 Å². The van der Waals surface area contributed by atoms with Crippen molar-refractivity contribution in [2.45, 2.75) is 24.9 Å². The predicted octanol–water partition coefficient (Wildman–Crippen LogP) is 1.25. The van der Waals surface area contributed by atoms with Gasteiger partial charge in [0.1, 0.15) is 17.5 Å². The van der Waals surface area contributed by atoms with E-state index in [4.69, 9.17) is 10.00 Å². The second kappa shape index (κ2) is 5.31. The Hall–Kier alpha value is -1.77. The standard InChI is InChI=1S/C15H17N3O2/c1-18-12-5-10(6-13(18)9-20-8-12)15(19)14-4-2-3-11(7-16)17-14/h2-4,10,12-13H,5-6,8-9H2,1H3. The summed E-state index contributed by atoms with van der Waals surface area (Å²) >= 11 is 0. The van der Waals surface area contributed by atoms with E-state index in [2.05, 4.69) is 16.9 Å². The van der Waals surface area contributed by atoms with Crippen LogP contribution in [0.5, 0.6) is 0 Å². The molecular weight excluding hydrogens is 254 g/mol. The van der Waals surface area contributed by atoms with Crippen LogP contribution in [0.25, 0.3) is 0 Å². The van der Waals surface area contributed by atoms with Gasteiger partial charge in [-0.25, -0.2) is 4.98 Å². The molecule has 104 valence electrons. The Morgan fingerprint density at radius 2 is 2.10 bits per heavy atom. The fourth-order valence-corrected chi connectivity index (χ4v) is 3.15. The molecule has 2 unspecified atom stereocenters. The number of morpholine rings is 1. The summed E-state index contributed by atoms with van der Waals surface area (Å²) in [5, 5.41) is 8.87. The average Bonchev–Trinajstić information content (AvgIpc) is 2.46. The monoisotopic (exact) mass is 271 g/mol. The molecule has 0 spiro atoms. The van der Waals surface area contributed by atoms with Gasteiger partial charge in [-0.3, -0.25) is 9.69 Å². The van der Waals surface area contributed by atoms with Gasteiger partial charge in [-0.05, 0) is 32.0 Å². The number of ketones is 1. The molecule has 5 nitrogen and oxygen atoms in total. The zero-order valence-corrected chi connectivity index (χ0v) is 11.5. The van der Waals surface area contributed by atoms with Crippen molar-refractivity contribution in [2.24, 2.45) is 5.92 Å². The Labute approximate surface area is 118 Å². The molecule has 1 aromatic rings. The summed E-state index contributed by atoms with van der Waals surface area (Å²) in [5.41, 5.74) is 0.713. The first kappa shape index (κ1) is 13.2. The number of hydrogen-bond acceptors (Lipinski definition) is 5. The van der Waals surface area contributed by atoms with Crippen molar-refractivity contribution in [3.05, 3.63) is 29.6 Å². The molecule has 2 fully saturated rings. The quantitative estimate of drug-likeness (QED) is 0.757.